The van der Waals surface area contributed by atoms with Gasteiger partial charge in [-0.05, 0) is 6.92 Å². The molecule has 4 N–H and O–H groups in total. The summed E-state index contributed by atoms with van der Waals surface area (Å²) in [7, 11) is 0. The summed E-state index contributed by atoms with van der Waals surface area (Å²) in [6.45, 7) is 1.95. The predicted molar refractivity (Wildman–Crippen MR) is 35.4 cm³/mol. The van der Waals surface area contributed by atoms with Crippen molar-refractivity contribution in [2.75, 3.05) is 6.61 Å². The molecular weight excluding hydrogens is 134 g/mol. The zero-order valence-electron chi connectivity index (χ0n) is 5.90. The molecule has 1 aliphatic rings. The number of hydrogen-bond acceptors (Lipinski definition) is 4. The van der Waals surface area contributed by atoms with E-state index in [1.807, 2.05) is 0 Å². The Morgan fingerprint density at radius 2 is 2.10 bits per heavy atom. The van der Waals surface area contributed by atoms with E-state index in [2.05, 4.69) is 0 Å². The zero-order chi connectivity index (χ0) is 7.72. The van der Waals surface area contributed by atoms with Crippen molar-refractivity contribution in [2.45, 2.75) is 31.3 Å². The van der Waals surface area contributed by atoms with Gasteiger partial charge in [0.25, 0.3) is 0 Å². The lowest BCUT2D eigenvalue weighted by molar-refractivity contribution is -0.127. The summed E-state index contributed by atoms with van der Waals surface area (Å²) in [6, 6.07) is -0.566. The van der Waals surface area contributed by atoms with Crippen LogP contribution in [0.1, 0.15) is 6.92 Å². The average molecular weight is 147 g/mol. The lowest BCUT2D eigenvalue weighted by Crippen LogP contribution is -2.56. The molecule has 4 atom stereocenters. The van der Waals surface area contributed by atoms with E-state index in [0.29, 0.717) is 0 Å². The molecule has 0 aromatic heterocycles. The highest BCUT2D eigenvalue weighted by molar-refractivity contribution is 4.87. The molecule has 4 nitrogen and oxygen atoms in total. The van der Waals surface area contributed by atoms with E-state index in [1.54, 1.807) is 6.92 Å². The van der Waals surface area contributed by atoms with Gasteiger partial charge in [0.1, 0.15) is 0 Å². The smallest absolute Gasteiger partial charge is 0.0975 e. The molecule has 0 saturated carbocycles. The second kappa shape index (κ2) is 2.84. The first kappa shape index (κ1) is 7.94. The van der Waals surface area contributed by atoms with Gasteiger partial charge < -0.3 is 20.7 Å². The molecule has 10 heavy (non-hydrogen) atoms. The molecule has 1 fully saturated rings. The third-order valence-electron chi connectivity index (χ3n) is 1.85. The van der Waals surface area contributed by atoms with Gasteiger partial charge in [-0.3, -0.25) is 0 Å². The largest absolute Gasteiger partial charge is 0.389 e. The Balaban J connectivity index is 2.52. The van der Waals surface area contributed by atoms with E-state index < -0.39 is 18.2 Å². The molecule has 4 heteroatoms. The van der Waals surface area contributed by atoms with Crippen molar-refractivity contribution < 1.29 is 14.9 Å². The van der Waals surface area contributed by atoms with E-state index in [0.717, 1.165) is 0 Å². The molecule has 1 aliphatic heterocycles. The maximum absolute atomic E-state index is 9.21. The van der Waals surface area contributed by atoms with Crippen LogP contribution in [-0.4, -0.2) is 41.2 Å². The number of aliphatic hydroxyl groups is 2. The number of nitrogens with two attached hydrogens (primary N) is 1. The number of rotatable bonds is 0. The second-order valence-electron chi connectivity index (χ2n) is 2.67. The van der Waals surface area contributed by atoms with Gasteiger partial charge in [-0.1, -0.05) is 0 Å². The lowest BCUT2D eigenvalue weighted by atomic mass is 9.99. The summed E-state index contributed by atoms with van der Waals surface area (Å²) in [6.07, 6.45) is -1.74. The van der Waals surface area contributed by atoms with Crippen LogP contribution in [0.25, 0.3) is 0 Å². The van der Waals surface area contributed by atoms with Crippen LogP contribution >= 0.6 is 0 Å². The highest BCUT2D eigenvalue weighted by atomic mass is 16.5. The Labute approximate surface area is 59.6 Å². The van der Waals surface area contributed by atoms with Gasteiger partial charge >= 0.3 is 0 Å². The van der Waals surface area contributed by atoms with Crippen LogP contribution < -0.4 is 5.73 Å². The molecule has 0 aromatic rings. The fourth-order valence-corrected chi connectivity index (χ4v) is 1.00. The minimum atomic E-state index is -0.747. The SMILES string of the molecule is C[C@H]1OC[C@@H](O)[C@@H](N)[C@@H]1O. The van der Waals surface area contributed by atoms with E-state index in [-0.39, 0.29) is 12.7 Å². The van der Waals surface area contributed by atoms with Crippen LogP contribution in [0.15, 0.2) is 0 Å². The van der Waals surface area contributed by atoms with Crippen molar-refractivity contribution in [3.8, 4) is 0 Å². The van der Waals surface area contributed by atoms with Crippen molar-refractivity contribution in [2.24, 2.45) is 5.73 Å². The second-order valence-corrected chi connectivity index (χ2v) is 2.67. The summed E-state index contributed by atoms with van der Waals surface area (Å²) < 4.78 is 4.99. The first-order valence-corrected chi connectivity index (χ1v) is 3.36. The maximum Gasteiger partial charge on any atom is 0.0975 e. The molecule has 0 bridgehead atoms. The summed E-state index contributed by atoms with van der Waals surface area (Å²) >= 11 is 0. The molecule has 0 radical (unpaired) electrons. The highest BCUT2D eigenvalue weighted by Gasteiger charge is 2.33. The molecular formula is C6H13NO3. The van der Waals surface area contributed by atoms with Gasteiger partial charge in [-0.2, -0.15) is 0 Å². The lowest BCUT2D eigenvalue weighted by Gasteiger charge is -2.34. The molecule has 0 aromatic carbocycles. The Morgan fingerprint density at radius 3 is 2.60 bits per heavy atom. The van der Waals surface area contributed by atoms with Crippen LogP contribution in [0, 0.1) is 0 Å². The standard InChI is InChI=1S/C6H13NO3/c1-3-6(9)5(7)4(8)2-10-3/h3-6,8-9H,2,7H2,1H3/t3-,4-,5-,6-/m1/s1. The number of aliphatic hydroxyl groups excluding tert-OH is 2. The average Bonchev–Trinajstić information content (AvgIpc) is 1.93. The quantitative estimate of drug-likeness (QED) is 0.388. The summed E-state index contributed by atoms with van der Waals surface area (Å²) in [4.78, 5) is 0. The van der Waals surface area contributed by atoms with Crippen molar-refractivity contribution in [3.05, 3.63) is 0 Å². The van der Waals surface area contributed by atoms with Gasteiger partial charge in [0.15, 0.2) is 0 Å². The van der Waals surface area contributed by atoms with E-state index in [9.17, 15) is 5.11 Å². The monoisotopic (exact) mass is 147 g/mol. The van der Waals surface area contributed by atoms with Crippen molar-refractivity contribution >= 4 is 0 Å². The Morgan fingerprint density at radius 1 is 1.50 bits per heavy atom. The Kier molecular flexibility index (Phi) is 2.25. The molecule has 60 valence electrons. The molecule has 1 rings (SSSR count). The first-order valence-electron chi connectivity index (χ1n) is 3.36. The number of hydrogen-bond donors (Lipinski definition) is 3. The fraction of sp³-hybridized carbons (Fsp3) is 1.00. The highest BCUT2D eigenvalue weighted by Crippen LogP contribution is 2.12. The first-order chi connectivity index (χ1) is 4.63. The predicted octanol–water partition coefficient (Wildman–Crippen LogP) is -1.55. The van der Waals surface area contributed by atoms with Crippen molar-refractivity contribution in [3.63, 3.8) is 0 Å². The van der Waals surface area contributed by atoms with Gasteiger partial charge in [0.05, 0.1) is 31.0 Å². The van der Waals surface area contributed by atoms with Crippen molar-refractivity contribution in [1.29, 1.82) is 0 Å². The van der Waals surface area contributed by atoms with E-state index >= 15 is 0 Å². The Hall–Kier alpha value is -0.160. The minimum absolute atomic E-state index is 0.222. The van der Waals surface area contributed by atoms with Crippen molar-refractivity contribution in [1.82, 2.24) is 0 Å². The minimum Gasteiger partial charge on any atom is -0.389 e. The fourth-order valence-electron chi connectivity index (χ4n) is 1.00. The van der Waals surface area contributed by atoms with E-state index in [4.69, 9.17) is 15.6 Å². The maximum atomic E-state index is 9.21. The van der Waals surface area contributed by atoms with Gasteiger partial charge in [-0.15, -0.1) is 0 Å². The molecule has 0 spiro atoms. The van der Waals surface area contributed by atoms with Crippen LogP contribution in [-0.2, 0) is 4.74 Å². The van der Waals surface area contributed by atoms with Gasteiger partial charge in [0.2, 0.25) is 0 Å². The van der Waals surface area contributed by atoms with Crippen LogP contribution in [0.3, 0.4) is 0 Å². The third-order valence-corrected chi connectivity index (χ3v) is 1.85. The molecule has 0 unspecified atom stereocenters. The number of ether oxygens (including phenoxy) is 1. The molecule has 0 amide bonds. The molecule has 1 heterocycles. The summed E-state index contributed by atoms with van der Waals surface area (Å²) in [5, 5.41) is 18.3. The summed E-state index contributed by atoms with van der Waals surface area (Å²) in [5.41, 5.74) is 5.43. The normalized spacial score (nSPS) is 49.2. The molecule has 1 saturated heterocycles. The Bertz CT molecular complexity index is 106. The zero-order valence-corrected chi connectivity index (χ0v) is 5.90. The van der Waals surface area contributed by atoms with Crippen LogP contribution in [0.5, 0.6) is 0 Å². The third kappa shape index (κ3) is 1.29. The summed E-state index contributed by atoms with van der Waals surface area (Å²) in [5.74, 6) is 0. The topological polar surface area (TPSA) is 75.7 Å². The van der Waals surface area contributed by atoms with Gasteiger partial charge in [-0.25, -0.2) is 0 Å². The van der Waals surface area contributed by atoms with Gasteiger partial charge in [0, 0.05) is 0 Å². The van der Waals surface area contributed by atoms with Crippen LogP contribution in [0.4, 0.5) is 0 Å². The molecule has 0 aliphatic carbocycles. The van der Waals surface area contributed by atoms with Crippen LogP contribution in [0.2, 0.25) is 0 Å². The van der Waals surface area contributed by atoms with E-state index in [1.165, 1.54) is 0 Å².